The lowest BCUT2D eigenvalue weighted by Crippen LogP contribution is -3.00. The molecule has 1 aliphatic carbocycles. The molecule has 1 aromatic heterocycles. The third-order valence-corrected chi connectivity index (χ3v) is 11.1. The number of amides is 1. The van der Waals surface area contributed by atoms with E-state index < -0.39 is 5.92 Å². The van der Waals surface area contributed by atoms with Crippen LogP contribution in [0.25, 0.3) is 10.9 Å². The molecule has 2 saturated heterocycles. The minimum atomic E-state index is -0.572. The predicted molar refractivity (Wildman–Crippen MR) is 190 cm³/mol. The second-order valence-corrected chi connectivity index (χ2v) is 14.5. The summed E-state index contributed by atoms with van der Waals surface area (Å²) >= 11 is 0. The quantitative estimate of drug-likeness (QED) is 0.160. The van der Waals surface area contributed by atoms with Gasteiger partial charge in [0, 0.05) is 37.0 Å². The summed E-state index contributed by atoms with van der Waals surface area (Å²) in [5, 5.41) is 20.7. The van der Waals surface area contributed by atoms with E-state index in [4.69, 9.17) is 9.47 Å². The number of hydrogen-bond donors (Lipinski definition) is 3. The van der Waals surface area contributed by atoms with Crippen LogP contribution in [0.5, 0.6) is 5.75 Å². The van der Waals surface area contributed by atoms with Crippen molar-refractivity contribution in [2.75, 3.05) is 13.7 Å². The van der Waals surface area contributed by atoms with E-state index in [1.165, 1.54) is 12.8 Å². The minimum Gasteiger partial charge on any atom is -1.00 e. The summed E-state index contributed by atoms with van der Waals surface area (Å²) in [6, 6.07) is 26.9. The van der Waals surface area contributed by atoms with E-state index in [0.717, 1.165) is 57.9 Å². The van der Waals surface area contributed by atoms with Crippen LogP contribution in [0.1, 0.15) is 82.4 Å². The molecule has 4 aromatic rings. The first-order valence-electron chi connectivity index (χ1n) is 17.8. The van der Waals surface area contributed by atoms with Gasteiger partial charge in [0.25, 0.3) is 0 Å². The zero-order valence-electron chi connectivity index (χ0n) is 29.5. The molecule has 1 saturated carbocycles. The molecule has 3 aliphatic rings. The monoisotopic (exact) mass is 746 g/mol. The van der Waals surface area contributed by atoms with Gasteiger partial charge >= 0.3 is 5.97 Å². The largest absolute Gasteiger partial charge is 1.00 e. The van der Waals surface area contributed by atoms with Crippen LogP contribution in [0, 0.1) is 5.92 Å². The van der Waals surface area contributed by atoms with E-state index in [0.29, 0.717) is 18.1 Å². The molecule has 268 valence electrons. The molecule has 3 N–H and O–H groups in total. The van der Waals surface area contributed by atoms with Gasteiger partial charge in [-0.2, -0.15) is 5.10 Å². The summed E-state index contributed by atoms with van der Waals surface area (Å²) < 4.78 is 13.2. The van der Waals surface area contributed by atoms with Crippen molar-refractivity contribution in [3.8, 4) is 5.75 Å². The number of ether oxygens (including phenoxy) is 2. The van der Waals surface area contributed by atoms with Gasteiger partial charge in [0.1, 0.15) is 23.9 Å². The Kier molecular flexibility index (Phi) is 12.4. The molecule has 3 aromatic carbocycles. The summed E-state index contributed by atoms with van der Waals surface area (Å²) in [6.07, 6.45) is 7.86. The molecule has 1 amide bonds. The van der Waals surface area contributed by atoms with Crippen LogP contribution < -0.4 is 27.0 Å². The molecular formula is C40H51BrN4O5. The van der Waals surface area contributed by atoms with Crippen molar-refractivity contribution in [3.05, 3.63) is 96.2 Å². The van der Waals surface area contributed by atoms with Crippen molar-refractivity contribution in [2.24, 2.45) is 5.92 Å². The Morgan fingerprint density at radius 2 is 1.54 bits per heavy atom. The number of quaternary nitrogens is 1. The average Bonchev–Trinajstić information content (AvgIpc) is 3.83. The van der Waals surface area contributed by atoms with Crippen LogP contribution >= 0.6 is 0 Å². The summed E-state index contributed by atoms with van der Waals surface area (Å²) in [5.41, 5.74) is 2.84. The SMILES string of the molecule is CC(C)[N+]1(C)[C@@H]2CC[C@H]1CC(OC(=O)C(CO)c1ccccc1)C2.C[C@H](NC(=O)C1CC1)[C@H](Oc1ccc2[nH]ncc2c1)c1ccccc1.[Br-]. The number of esters is 1. The fourth-order valence-corrected chi connectivity index (χ4v) is 7.83. The highest BCUT2D eigenvalue weighted by Crippen LogP contribution is 2.44. The number of aromatic amines is 1. The van der Waals surface area contributed by atoms with Gasteiger partial charge in [-0.05, 0) is 62.9 Å². The average molecular weight is 748 g/mol. The summed E-state index contributed by atoms with van der Waals surface area (Å²) in [4.78, 5) is 24.7. The number of benzene rings is 3. The van der Waals surface area contributed by atoms with Gasteiger partial charge in [0.15, 0.2) is 0 Å². The van der Waals surface area contributed by atoms with Crippen molar-refractivity contribution in [1.82, 2.24) is 15.5 Å². The highest BCUT2D eigenvalue weighted by atomic mass is 79.9. The molecule has 2 aliphatic heterocycles. The normalized spacial score (nSPS) is 24.2. The van der Waals surface area contributed by atoms with E-state index in [1.807, 2.05) is 85.8 Å². The van der Waals surface area contributed by atoms with Gasteiger partial charge in [0.2, 0.25) is 5.91 Å². The zero-order chi connectivity index (χ0) is 34.5. The molecule has 2 bridgehead atoms. The third-order valence-electron chi connectivity index (χ3n) is 11.1. The van der Waals surface area contributed by atoms with Crippen LogP contribution in [0.15, 0.2) is 85.1 Å². The van der Waals surface area contributed by atoms with Crippen molar-refractivity contribution in [2.45, 2.75) is 102 Å². The van der Waals surface area contributed by atoms with Crippen LogP contribution in [0.2, 0.25) is 0 Å². The van der Waals surface area contributed by atoms with Crippen LogP contribution in [0.3, 0.4) is 0 Å². The second-order valence-electron chi connectivity index (χ2n) is 14.5. The fourth-order valence-electron chi connectivity index (χ4n) is 7.83. The smallest absolute Gasteiger partial charge is 0.316 e. The Morgan fingerprint density at radius 1 is 0.920 bits per heavy atom. The van der Waals surface area contributed by atoms with Crippen LogP contribution in [-0.4, -0.2) is 75.6 Å². The first-order chi connectivity index (χ1) is 23.7. The molecular weight excluding hydrogens is 696 g/mol. The number of halogens is 1. The van der Waals surface area contributed by atoms with E-state index in [1.54, 1.807) is 6.20 Å². The standard InChI is InChI=1S/C20H21N3O2.C20H30NO3.BrH/c1-13(22-20(24)15-7-8-15)19(14-5-3-2-4-6-14)25-17-9-10-18-16(11-17)12-21-23-18;1-14(2)21(3)16-9-10-17(21)12-18(11-16)24-20(23)19(13-22)15-7-5-4-6-8-15;/h2-6,9-13,15,19H,7-8H2,1H3,(H,21,23)(H,22,24);4-8,14,16-19,22H,9-13H2,1-3H3;1H/q;+1;/p-1/t13-,19-;16-,17+,18?,19?,21?;/m0../s1. The summed E-state index contributed by atoms with van der Waals surface area (Å²) in [6.45, 7) is 6.39. The van der Waals surface area contributed by atoms with Gasteiger partial charge in [-0.3, -0.25) is 14.7 Å². The fraction of sp³-hybridized carbons (Fsp3) is 0.475. The lowest BCUT2D eigenvalue weighted by atomic mass is 9.94. The van der Waals surface area contributed by atoms with Crippen LogP contribution in [0.4, 0.5) is 0 Å². The number of carbonyl (C=O) groups is 2. The van der Waals surface area contributed by atoms with Crippen molar-refractivity contribution < 1.29 is 45.6 Å². The second kappa shape index (κ2) is 16.5. The third kappa shape index (κ3) is 8.41. The lowest BCUT2D eigenvalue weighted by molar-refractivity contribution is -0.968. The summed E-state index contributed by atoms with van der Waals surface area (Å²) in [5.74, 6) is 0.212. The number of hydrogen-bond acceptors (Lipinski definition) is 6. The van der Waals surface area contributed by atoms with E-state index in [9.17, 15) is 14.7 Å². The van der Waals surface area contributed by atoms with Gasteiger partial charge < -0.3 is 41.4 Å². The van der Waals surface area contributed by atoms with Gasteiger partial charge in [0.05, 0.1) is 49.5 Å². The minimum absolute atomic E-state index is 0. The summed E-state index contributed by atoms with van der Waals surface area (Å²) in [7, 11) is 2.37. The lowest BCUT2D eigenvalue weighted by Gasteiger charge is -2.49. The van der Waals surface area contributed by atoms with E-state index in [2.05, 4.69) is 36.4 Å². The Balaban J connectivity index is 0.000000191. The van der Waals surface area contributed by atoms with Crippen molar-refractivity contribution >= 4 is 22.8 Å². The highest BCUT2D eigenvalue weighted by Gasteiger charge is 2.54. The zero-order valence-corrected chi connectivity index (χ0v) is 31.1. The maximum Gasteiger partial charge on any atom is 0.316 e. The Hall–Kier alpha value is -3.73. The number of carbonyl (C=O) groups excluding carboxylic acids is 2. The number of aliphatic hydroxyl groups is 1. The number of aromatic nitrogens is 2. The van der Waals surface area contributed by atoms with Gasteiger partial charge in [-0.1, -0.05) is 60.7 Å². The van der Waals surface area contributed by atoms with Crippen molar-refractivity contribution in [3.63, 3.8) is 0 Å². The molecule has 0 spiro atoms. The van der Waals surface area contributed by atoms with E-state index in [-0.39, 0.29) is 59.6 Å². The molecule has 50 heavy (non-hydrogen) atoms. The predicted octanol–water partition coefficient (Wildman–Crippen LogP) is 3.46. The maximum absolute atomic E-state index is 12.6. The van der Waals surface area contributed by atoms with E-state index >= 15 is 0 Å². The Bertz CT molecular complexity index is 1680. The topological polar surface area (TPSA) is 114 Å². The molecule has 10 heteroatoms. The number of nitrogens with zero attached hydrogens (tertiary/aromatic N) is 2. The first-order valence-corrected chi connectivity index (χ1v) is 17.8. The van der Waals surface area contributed by atoms with Gasteiger partial charge in [-0.25, -0.2) is 0 Å². The molecule has 3 heterocycles. The number of H-pyrrole nitrogens is 1. The Morgan fingerprint density at radius 3 is 2.12 bits per heavy atom. The molecule has 3 fully saturated rings. The highest BCUT2D eigenvalue weighted by molar-refractivity contribution is 5.81. The van der Waals surface area contributed by atoms with Gasteiger partial charge in [-0.15, -0.1) is 0 Å². The molecule has 3 unspecified atom stereocenters. The number of piperidine rings is 1. The molecule has 0 radical (unpaired) electrons. The molecule has 7 rings (SSSR count). The first kappa shape index (κ1) is 37.5. The number of rotatable bonds is 11. The van der Waals surface area contributed by atoms with Crippen molar-refractivity contribution in [1.29, 1.82) is 0 Å². The number of aliphatic hydroxyl groups excluding tert-OH is 1. The number of fused-ring (bicyclic) bond motifs is 3. The molecule has 7 atom stereocenters. The van der Waals surface area contributed by atoms with Crippen LogP contribution in [-0.2, 0) is 14.3 Å². The Labute approximate surface area is 306 Å². The molecule has 9 nitrogen and oxygen atoms in total. The number of nitrogens with one attached hydrogen (secondary N) is 2. The maximum atomic E-state index is 12.6.